The standard InChI is InChI=1S/C13H11ClN2O2/c14-7-3-6-12-15-16-13(18-12)10-8-17-11-5-2-1-4-9(10)11/h1-2,4-5,8H,3,6-7H2. The molecule has 3 aromatic rings. The molecule has 3 rings (SSSR count). The monoisotopic (exact) mass is 262 g/mol. The molecule has 0 saturated carbocycles. The maximum Gasteiger partial charge on any atom is 0.251 e. The van der Waals surface area contributed by atoms with E-state index in [2.05, 4.69) is 10.2 Å². The van der Waals surface area contributed by atoms with E-state index in [0.29, 0.717) is 24.1 Å². The fourth-order valence-electron chi connectivity index (χ4n) is 1.82. The Kier molecular flexibility index (Phi) is 3.02. The lowest BCUT2D eigenvalue weighted by Crippen LogP contribution is -1.85. The average molecular weight is 263 g/mol. The number of furan rings is 1. The van der Waals surface area contributed by atoms with Gasteiger partial charge in [0.05, 0.1) is 5.56 Å². The number of aromatic nitrogens is 2. The average Bonchev–Trinajstić information content (AvgIpc) is 3.02. The van der Waals surface area contributed by atoms with E-state index in [0.717, 1.165) is 23.0 Å². The Balaban J connectivity index is 1.96. The molecule has 4 nitrogen and oxygen atoms in total. The summed E-state index contributed by atoms with van der Waals surface area (Å²) in [6.07, 6.45) is 3.17. The summed E-state index contributed by atoms with van der Waals surface area (Å²) >= 11 is 5.63. The van der Waals surface area contributed by atoms with E-state index in [1.165, 1.54) is 0 Å². The molecule has 2 heterocycles. The molecule has 0 aliphatic rings. The van der Waals surface area contributed by atoms with Crippen molar-refractivity contribution in [3.8, 4) is 11.5 Å². The van der Waals surface area contributed by atoms with E-state index in [1.807, 2.05) is 24.3 Å². The number of rotatable bonds is 4. The summed E-state index contributed by atoms with van der Waals surface area (Å²) in [6, 6.07) is 7.75. The summed E-state index contributed by atoms with van der Waals surface area (Å²) < 4.78 is 11.0. The van der Waals surface area contributed by atoms with Crippen LogP contribution in [0.5, 0.6) is 0 Å². The summed E-state index contributed by atoms with van der Waals surface area (Å²) in [4.78, 5) is 0. The number of aryl methyl sites for hydroxylation is 1. The number of hydrogen-bond donors (Lipinski definition) is 0. The molecule has 18 heavy (non-hydrogen) atoms. The van der Waals surface area contributed by atoms with Crippen LogP contribution >= 0.6 is 11.6 Å². The predicted molar refractivity (Wildman–Crippen MR) is 68.5 cm³/mol. The fraction of sp³-hybridized carbons (Fsp3) is 0.231. The van der Waals surface area contributed by atoms with Crippen LogP contribution in [0.1, 0.15) is 12.3 Å². The summed E-state index contributed by atoms with van der Waals surface area (Å²) in [5.41, 5.74) is 1.64. The summed E-state index contributed by atoms with van der Waals surface area (Å²) in [6.45, 7) is 0. The van der Waals surface area contributed by atoms with Gasteiger partial charge in [0.2, 0.25) is 5.89 Å². The Labute approximate surface area is 109 Å². The minimum atomic E-state index is 0.490. The van der Waals surface area contributed by atoms with Gasteiger partial charge in [0.25, 0.3) is 5.89 Å². The van der Waals surface area contributed by atoms with E-state index in [1.54, 1.807) is 6.26 Å². The number of fused-ring (bicyclic) bond motifs is 1. The van der Waals surface area contributed by atoms with Crippen LogP contribution in [0.25, 0.3) is 22.4 Å². The highest BCUT2D eigenvalue weighted by Gasteiger charge is 2.14. The van der Waals surface area contributed by atoms with Crippen LogP contribution in [-0.4, -0.2) is 16.1 Å². The third-order valence-corrected chi connectivity index (χ3v) is 2.97. The summed E-state index contributed by atoms with van der Waals surface area (Å²) in [5.74, 6) is 1.69. The van der Waals surface area contributed by atoms with Crippen LogP contribution < -0.4 is 0 Å². The Bertz CT molecular complexity index is 660. The van der Waals surface area contributed by atoms with Crippen molar-refractivity contribution < 1.29 is 8.83 Å². The Morgan fingerprint density at radius 1 is 1.17 bits per heavy atom. The molecule has 2 aromatic heterocycles. The zero-order chi connectivity index (χ0) is 12.4. The number of halogens is 1. The molecule has 0 amide bonds. The summed E-state index contributed by atoms with van der Waals surface area (Å²) in [5, 5.41) is 9.02. The molecule has 0 fully saturated rings. The van der Waals surface area contributed by atoms with Gasteiger partial charge in [0.15, 0.2) is 0 Å². The topological polar surface area (TPSA) is 52.1 Å². The van der Waals surface area contributed by atoms with Gasteiger partial charge in [0, 0.05) is 17.7 Å². The Morgan fingerprint density at radius 2 is 2.06 bits per heavy atom. The van der Waals surface area contributed by atoms with Gasteiger partial charge in [-0.05, 0) is 12.5 Å². The highest BCUT2D eigenvalue weighted by Crippen LogP contribution is 2.29. The highest BCUT2D eigenvalue weighted by molar-refractivity contribution is 6.17. The first-order valence-electron chi connectivity index (χ1n) is 5.73. The highest BCUT2D eigenvalue weighted by atomic mass is 35.5. The van der Waals surface area contributed by atoms with Gasteiger partial charge < -0.3 is 8.83 Å². The first-order valence-corrected chi connectivity index (χ1v) is 6.27. The Morgan fingerprint density at radius 3 is 2.94 bits per heavy atom. The number of hydrogen-bond acceptors (Lipinski definition) is 4. The van der Waals surface area contributed by atoms with Gasteiger partial charge in [-0.3, -0.25) is 0 Å². The lowest BCUT2D eigenvalue weighted by molar-refractivity contribution is 0.502. The second-order valence-electron chi connectivity index (χ2n) is 3.94. The SMILES string of the molecule is ClCCCc1nnc(-c2coc3ccccc23)o1. The second-order valence-corrected chi connectivity index (χ2v) is 4.32. The molecule has 0 saturated heterocycles. The maximum absolute atomic E-state index is 5.63. The predicted octanol–water partition coefficient (Wildman–Crippen LogP) is 3.65. The molecule has 0 N–H and O–H groups in total. The number of para-hydroxylation sites is 1. The van der Waals surface area contributed by atoms with Crippen LogP contribution in [0.4, 0.5) is 0 Å². The molecule has 0 aliphatic heterocycles. The van der Waals surface area contributed by atoms with Crippen molar-refractivity contribution in [2.45, 2.75) is 12.8 Å². The van der Waals surface area contributed by atoms with Crippen molar-refractivity contribution >= 4 is 22.6 Å². The third kappa shape index (κ3) is 1.99. The van der Waals surface area contributed by atoms with Gasteiger partial charge in [-0.1, -0.05) is 18.2 Å². The van der Waals surface area contributed by atoms with E-state index >= 15 is 0 Å². The maximum atomic E-state index is 5.63. The minimum Gasteiger partial charge on any atom is -0.463 e. The van der Waals surface area contributed by atoms with Crippen LogP contribution in [0.2, 0.25) is 0 Å². The smallest absolute Gasteiger partial charge is 0.251 e. The fourth-order valence-corrected chi connectivity index (χ4v) is 1.96. The van der Waals surface area contributed by atoms with Crippen molar-refractivity contribution in [2.24, 2.45) is 0 Å². The molecule has 0 radical (unpaired) electrons. The van der Waals surface area contributed by atoms with Gasteiger partial charge in [-0.15, -0.1) is 21.8 Å². The molecule has 1 aromatic carbocycles. The largest absolute Gasteiger partial charge is 0.463 e. The first-order chi connectivity index (χ1) is 8.88. The lowest BCUT2D eigenvalue weighted by atomic mass is 10.2. The first kappa shape index (κ1) is 11.3. The van der Waals surface area contributed by atoms with Crippen molar-refractivity contribution in [1.82, 2.24) is 10.2 Å². The quantitative estimate of drug-likeness (QED) is 0.674. The van der Waals surface area contributed by atoms with Crippen molar-refractivity contribution in [3.63, 3.8) is 0 Å². The zero-order valence-corrected chi connectivity index (χ0v) is 10.4. The third-order valence-electron chi connectivity index (χ3n) is 2.70. The van der Waals surface area contributed by atoms with Crippen LogP contribution in [0, 0.1) is 0 Å². The van der Waals surface area contributed by atoms with Crippen LogP contribution in [0.15, 0.2) is 39.4 Å². The molecular formula is C13H11ClN2O2. The number of nitrogens with zero attached hydrogens (tertiary/aromatic N) is 2. The minimum absolute atomic E-state index is 0.490. The molecular weight excluding hydrogens is 252 g/mol. The van der Waals surface area contributed by atoms with Gasteiger partial charge >= 0.3 is 0 Å². The second kappa shape index (κ2) is 4.82. The van der Waals surface area contributed by atoms with Gasteiger partial charge in [0.1, 0.15) is 11.8 Å². The molecule has 0 spiro atoms. The van der Waals surface area contributed by atoms with Crippen LogP contribution in [-0.2, 0) is 6.42 Å². The molecule has 0 unspecified atom stereocenters. The van der Waals surface area contributed by atoms with E-state index in [9.17, 15) is 0 Å². The summed E-state index contributed by atoms with van der Waals surface area (Å²) in [7, 11) is 0. The molecule has 5 heteroatoms. The molecule has 0 bridgehead atoms. The van der Waals surface area contributed by atoms with E-state index in [-0.39, 0.29) is 0 Å². The lowest BCUT2D eigenvalue weighted by Gasteiger charge is -1.91. The van der Waals surface area contributed by atoms with E-state index < -0.39 is 0 Å². The van der Waals surface area contributed by atoms with E-state index in [4.69, 9.17) is 20.4 Å². The number of benzene rings is 1. The zero-order valence-electron chi connectivity index (χ0n) is 9.60. The molecule has 92 valence electrons. The molecule has 0 aliphatic carbocycles. The molecule has 0 atom stereocenters. The Hall–Kier alpha value is -1.81. The number of alkyl halides is 1. The van der Waals surface area contributed by atoms with Crippen molar-refractivity contribution in [2.75, 3.05) is 5.88 Å². The van der Waals surface area contributed by atoms with Crippen molar-refractivity contribution in [1.29, 1.82) is 0 Å². The van der Waals surface area contributed by atoms with Crippen LogP contribution in [0.3, 0.4) is 0 Å². The van der Waals surface area contributed by atoms with Gasteiger partial charge in [-0.2, -0.15) is 0 Å². The normalized spacial score (nSPS) is 11.2. The van der Waals surface area contributed by atoms with Gasteiger partial charge in [-0.25, -0.2) is 0 Å². The van der Waals surface area contributed by atoms with Crippen molar-refractivity contribution in [3.05, 3.63) is 36.4 Å².